The van der Waals surface area contributed by atoms with Crippen LogP contribution in [-0.2, 0) is 24.4 Å². The smallest absolute Gasteiger partial charge is 0.305 e. The molecule has 2 aromatic rings. The van der Waals surface area contributed by atoms with Gasteiger partial charge in [0.05, 0.1) is 22.3 Å². The molecule has 208 valence electrons. The minimum atomic E-state index is -4.37. The number of amides is 2. The van der Waals surface area contributed by atoms with Crippen molar-refractivity contribution >= 4 is 33.5 Å². The zero-order valence-corrected chi connectivity index (χ0v) is 21.5. The summed E-state index contributed by atoms with van der Waals surface area (Å²) in [5.74, 6) is -3.68. The molecule has 2 aliphatic rings. The number of non-ortho nitro benzene ring substituents is 1. The van der Waals surface area contributed by atoms with Crippen molar-refractivity contribution in [2.45, 2.75) is 49.2 Å². The molecule has 2 unspecified atom stereocenters. The summed E-state index contributed by atoms with van der Waals surface area (Å²) < 4.78 is 41.3. The first kappa shape index (κ1) is 28.1. The fourth-order valence-corrected chi connectivity index (χ4v) is 6.58. The number of sulfonamides is 1. The lowest BCUT2D eigenvalue weighted by molar-refractivity contribution is -0.384. The number of carboxylic acid groups (broad SMARTS) is 1. The van der Waals surface area contributed by atoms with E-state index in [-0.39, 0.29) is 41.1 Å². The molecule has 1 saturated heterocycles. The Morgan fingerprint density at radius 3 is 2.38 bits per heavy atom. The number of carboxylic acids is 1. The third kappa shape index (κ3) is 6.06. The molecule has 0 bridgehead atoms. The second-order valence-corrected chi connectivity index (χ2v) is 11.4. The van der Waals surface area contributed by atoms with E-state index >= 15 is 0 Å². The highest BCUT2D eigenvalue weighted by atomic mass is 32.2. The van der Waals surface area contributed by atoms with E-state index in [2.05, 4.69) is 5.32 Å². The molecule has 4 rings (SSSR count). The zero-order valence-electron chi connectivity index (χ0n) is 20.7. The molecule has 1 saturated carbocycles. The molecule has 0 radical (unpaired) electrons. The first-order valence-electron chi connectivity index (χ1n) is 12.3. The Labute approximate surface area is 223 Å². The van der Waals surface area contributed by atoms with Crippen LogP contribution in [-0.4, -0.2) is 64.7 Å². The molecule has 0 spiro atoms. The number of carbonyl (C=O) groups is 3. The number of nitrogens with one attached hydrogen (secondary N) is 1. The Morgan fingerprint density at radius 2 is 1.77 bits per heavy atom. The SMILES string of the molecule is O=C(O)CC(NC(=O)C1N(C(=O)C2CCCC2)CCN1S(=O)(=O)c1ccc(F)cc1)c1cccc([N+](=O)[O-])c1. The van der Waals surface area contributed by atoms with Crippen molar-refractivity contribution in [3.63, 3.8) is 0 Å². The van der Waals surface area contributed by atoms with Crippen LogP contribution in [0.15, 0.2) is 53.4 Å². The van der Waals surface area contributed by atoms with Gasteiger partial charge in [0.1, 0.15) is 5.82 Å². The lowest BCUT2D eigenvalue weighted by atomic mass is 10.0. The zero-order chi connectivity index (χ0) is 28.3. The summed E-state index contributed by atoms with van der Waals surface area (Å²) in [6.45, 7) is -0.287. The molecule has 2 fully saturated rings. The number of nitro benzene ring substituents is 1. The minimum absolute atomic E-state index is 0.0751. The maximum absolute atomic E-state index is 13.7. The molecule has 2 N–H and O–H groups in total. The first-order chi connectivity index (χ1) is 18.5. The van der Waals surface area contributed by atoms with Crippen LogP contribution in [0, 0.1) is 21.8 Å². The first-order valence-corrected chi connectivity index (χ1v) is 13.8. The van der Waals surface area contributed by atoms with Gasteiger partial charge in [0, 0.05) is 31.1 Å². The second-order valence-electron chi connectivity index (χ2n) is 9.47. The van der Waals surface area contributed by atoms with E-state index < -0.39 is 51.3 Å². The summed E-state index contributed by atoms with van der Waals surface area (Å²) >= 11 is 0. The van der Waals surface area contributed by atoms with E-state index in [0.717, 1.165) is 47.5 Å². The van der Waals surface area contributed by atoms with Crippen LogP contribution in [0.5, 0.6) is 0 Å². The van der Waals surface area contributed by atoms with Gasteiger partial charge in [0.2, 0.25) is 15.9 Å². The third-order valence-corrected chi connectivity index (χ3v) is 8.82. The van der Waals surface area contributed by atoms with E-state index in [9.17, 15) is 42.4 Å². The fourth-order valence-electron chi connectivity index (χ4n) is 5.04. The van der Waals surface area contributed by atoms with E-state index in [1.807, 2.05) is 0 Å². The van der Waals surface area contributed by atoms with E-state index in [4.69, 9.17) is 0 Å². The topological polar surface area (TPSA) is 167 Å². The summed E-state index contributed by atoms with van der Waals surface area (Å²) in [5.41, 5.74) is -0.198. The summed E-state index contributed by atoms with van der Waals surface area (Å²) in [5, 5.41) is 23.2. The van der Waals surface area contributed by atoms with Crippen LogP contribution >= 0.6 is 0 Å². The van der Waals surface area contributed by atoms with Crippen LogP contribution in [0.4, 0.5) is 10.1 Å². The molecule has 12 nitrogen and oxygen atoms in total. The molecule has 2 amide bonds. The van der Waals surface area contributed by atoms with Gasteiger partial charge in [0.15, 0.2) is 6.17 Å². The summed E-state index contributed by atoms with van der Waals surface area (Å²) in [7, 11) is -4.37. The number of carbonyl (C=O) groups excluding carboxylic acids is 2. The average Bonchev–Trinajstić information content (AvgIpc) is 3.59. The molecule has 1 aliphatic carbocycles. The quantitative estimate of drug-likeness (QED) is 0.347. The van der Waals surface area contributed by atoms with E-state index in [0.29, 0.717) is 12.8 Å². The normalized spacial score (nSPS) is 19.1. The van der Waals surface area contributed by atoms with Crippen molar-refractivity contribution in [2.75, 3.05) is 13.1 Å². The molecule has 1 heterocycles. The van der Waals surface area contributed by atoms with Crippen LogP contribution in [0.2, 0.25) is 0 Å². The second kappa shape index (κ2) is 11.5. The van der Waals surface area contributed by atoms with Crippen molar-refractivity contribution in [1.82, 2.24) is 14.5 Å². The Balaban J connectivity index is 1.70. The highest BCUT2D eigenvalue weighted by Gasteiger charge is 2.48. The number of benzene rings is 2. The molecule has 39 heavy (non-hydrogen) atoms. The third-order valence-electron chi connectivity index (χ3n) is 6.95. The van der Waals surface area contributed by atoms with Gasteiger partial charge in [0.25, 0.3) is 11.6 Å². The summed E-state index contributed by atoms with van der Waals surface area (Å²) in [6.07, 6.45) is 0.565. The lowest BCUT2D eigenvalue weighted by Gasteiger charge is -2.31. The van der Waals surface area contributed by atoms with Gasteiger partial charge in [-0.1, -0.05) is 25.0 Å². The van der Waals surface area contributed by atoms with Gasteiger partial charge in [-0.25, -0.2) is 12.8 Å². The van der Waals surface area contributed by atoms with Gasteiger partial charge < -0.3 is 15.3 Å². The molecule has 14 heteroatoms. The highest BCUT2D eigenvalue weighted by Crippen LogP contribution is 2.32. The maximum Gasteiger partial charge on any atom is 0.305 e. The Hall–Kier alpha value is -3.91. The summed E-state index contributed by atoms with van der Waals surface area (Å²) in [6, 6.07) is 7.85. The number of hydrogen-bond acceptors (Lipinski definition) is 7. The van der Waals surface area contributed by atoms with Crippen molar-refractivity contribution < 1.29 is 37.2 Å². The van der Waals surface area contributed by atoms with E-state index in [1.54, 1.807) is 0 Å². The number of nitrogens with zero attached hydrogens (tertiary/aromatic N) is 3. The Kier molecular flexibility index (Phi) is 8.25. The van der Waals surface area contributed by atoms with Gasteiger partial charge in [-0.2, -0.15) is 4.31 Å². The maximum atomic E-state index is 13.7. The number of halogens is 1. The molecule has 2 atom stereocenters. The number of hydrogen-bond donors (Lipinski definition) is 2. The number of rotatable bonds is 9. The molecular weight excluding hydrogens is 535 g/mol. The molecule has 1 aliphatic heterocycles. The van der Waals surface area contributed by atoms with Crippen LogP contribution in [0.3, 0.4) is 0 Å². The average molecular weight is 563 g/mol. The fraction of sp³-hybridized carbons (Fsp3) is 0.400. The van der Waals surface area contributed by atoms with Crippen LogP contribution in [0.25, 0.3) is 0 Å². The van der Waals surface area contributed by atoms with Crippen molar-refractivity contribution in [3.8, 4) is 0 Å². The van der Waals surface area contributed by atoms with Gasteiger partial charge in [-0.05, 0) is 42.7 Å². The van der Waals surface area contributed by atoms with Gasteiger partial charge in [-0.3, -0.25) is 24.5 Å². The van der Waals surface area contributed by atoms with Crippen LogP contribution in [0.1, 0.15) is 43.7 Å². The predicted octanol–water partition coefficient (Wildman–Crippen LogP) is 2.42. The van der Waals surface area contributed by atoms with Gasteiger partial charge >= 0.3 is 5.97 Å². The lowest BCUT2D eigenvalue weighted by Crippen LogP contribution is -2.55. The van der Waals surface area contributed by atoms with Crippen molar-refractivity contribution in [3.05, 3.63) is 70.0 Å². The Bertz CT molecular complexity index is 1380. The Morgan fingerprint density at radius 1 is 1.10 bits per heavy atom. The standard InChI is InChI=1S/C25H27FN4O8S/c26-18-8-10-20(11-9-18)39(37,38)29-13-12-28(25(34)16-4-1-2-5-16)24(29)23(33)27-21(15-22(31)32)17-6-3-7-19(14-17)30(35)36/h3,6-11,14,16,21,24H,1-2,4-5,12-13,15H2,(H,27,33)(H,31,32). The monoisotopic (exact) mass is 562 g/mol. The van der Waals surface area contributed by atoms with Crippen LogP contribution < -0.4 is 5.32 Å². The van der Waals surface area contributed by atoms with E-state index in [1.165, 1.54) is 23.1 Å². The minimum Gasteiger partial charge on any atom is -0.481 e. The summed E-state index contributed by atoms with van der Waals surface area (Å²) in [4.78, 5) is 50.2. The largest absolute Gasteiger partial charge is 0.481 e. The molecule has 0 aromatic heterocycles. The predicted molar refractivity (Wildman–Crippen MR) is 134 cm³/mol. The van der Waals surface area contributed by atoms with Crippen molar-refractivity contribution in [1.29, 1.82) is 0 Å². The molecule has 2 aromatic carbocycles. The number of aliphatic carboxylic acids is 1. The highest BCUT2D eigenvalue weighted by molar-refractivity contribution is 7.89. The number of nitro groups is 1. The van der Waals surface area contributed by atoms with Gasteiger partial charge in [-0.15, -0.1) is 0 Å². The van der Waals surface area contributed by atoms with Crippen molar-refractivity contribution in [2.24, 2.45) is 5.92 Å². The molecular formula is C25H27FN4O8S.